The molecule has 0 radical (unpaired) electrons. The Hall–Kier alpha value is -1.54. The first-order valence-electron chi connectivity index (χ1n) is 13.6. The van der Waals surface area contributed by atoms with E-state index < -0.39 is 29.0 Å². The van der Waals surface area contributed by atoms with E-state index in [1.807, 2.05) is 20.8 Å². The van der Waals surface area contributed by atoms with Gasteiger partial charge in [0.25, 0.3) is 0 Å². The summed E-state index contributed by atoms with van der Waals surface area (Å²) in [6, 6.07) is 0. The highest BCUT2D eigenvalue weighted by atomic mass is 16.7. The third-order valence-electron chi connectivity index (χ3n) is 12.0. The quantitative estimate of drug-likeness (QED) is 0.560. The molecule has 36 heavy (non-hydrogen) atoms. The molecule has 11 atom stereocenters. The zero-order valence-electron chi connectivity index (χ0n) is 22.1. The van der Waals surface area contributed by atoms with E-state index in [4.69, 9.17) is 14.2 Å². The van der Waals surface area contributed by atoms with E-state index in [1.165, 1.54) is 0 Å². The van der Waals surface area contributed by atoms with Gasteiger partial charge >= 0.3 is 5.97 Å². The zero-order chi connectivity index (χ0) is 25.8. The number of hydrogen-bond acceptors (Lipinski definition) is 7. The number of fused-ring (bicyclic) bond motifs is 4. The van der Waals surface area contributed by atoms with Crippen molar-refractivity contribution in [1.29, 1.82) is 0 Å². The van der Waals surface area contributed by atoms with Crippen LogP contribution in [0.15, 0.2) is 23.3 Å². The van der Waals surface area contributed by atoms with Crippen LogP contribution in [0.2, 0.25) is 0 Å². The predicted octanol–water partition coefficient (Wildman–Crippen LogP) is 3.47. The van der Waals surface area contributed by atoms with Gasteiger partial charge in [-0.1, -0.05) is 11.6 Å². The van der Waals surface area contributed by atoms with Crippen molar-refractivity contribution in [3.63, 3.8) is 0 Å². The summed E-state index contributed by atoms with van der Waals surface area (Å²) in [6.07, 6.45) is 6.43. The first-order chi connectivity index (χ1) is 16.9. The Balaban J connectivity index is 1.39. The minimum atomic E-state index is -1.43. The van der Waals surface area contributed by atoms with Gasteiger partial charge in [-0.2, -0.15) is 0 Å². The van der Waals surface area contributed by atoms with Gasteiger partial charge in [-0.15, -0.1) is 0 Å². The van der Waals surface area contributed by atoms with Gasteiger partial charge in [0.05, 0.1) is 11.5 Å². The number of carbonyl (C=O) groups is 2. The second-order valence-electron chi connectivity index (χ2n) is 12.9. The van der Waals surface area contributed by atoms with E-state index in [1.54, 1.807) is 19.3 Å². The smallest absolute Gasteiger partial charge is 0.334 e. The molecule has 0 unspecified atom stereocenters. The number of ketones is 1. The number of aliphatic hydroxyl groups excluding tert-OH is 1. The molecule has 3 saturated carbocycles. The van der Waals surface area contributed by atoms with Crippen LogP contribution in [-0.2, 0) is 23.8 Å². The molecule has 1 spiro atoms. The van der Waals surface area contributed by atoms with Crippen molar-refractivity contribution in [3.05, 3.63) is 23.3 Å². The number of methoxy groups -OCH3 is 1. The Kier molecular flexibility index (Phi) is 5.33. The number of esters is 1. The van der Waals surface area contributed by atoms with Crippen LogP contribution < -0.4 is 0 Å². The van der Waals surface area contributed by atoms with Gasteiger partial charge < -0.3 is 24.4 Å². The number of allylic oxidation sites excluding steroid dienone is 1. The molecule has 198 valence electrons. The van der Waals surface area contributed by atoms with Gasteiger partial charge in [-0.3, -0.25) is 4.79 Å². The Morgan fingerprint density at radius 3 is 2.56 bits per heavy atom. The van der Waals surface area contributed by atoms with Crippen LogP contribution in [0.25, 0.3) is 0 Å². The average Bonchev–Trinajstić information content (AvgIpc) is 3.35. The van der Waals surface area contributed by atoms with Crippen LogP contribution in [-0.4, -0.2) is 58.8 Å². The summed E-state index contributed by atoms with van der Waals surface area (Å²) >= 11 is 0. The molecule has 0 amide bonds. The average molecular weight is 501 g/mol. The summed E-state index contributed by atoms with van der Waals surface area (Å²) in [6.45, 7) is 7.78. The standard InChI is InChI=1S/C29H40O7/c1-15-13-23(35-24(32)16(15)2)27(4)20-9-8-19-17-14-22(31)29(33)11-6-7-21(30)26(29,3)18(17)10-12-28(19,20)25(34-5)36-27/h6-7,17-20,22-23,25,31,33H,8-14H2,1-5H3/t17-,18+,19+,20-,22-,23-,25+,26+,27-,28-,29+/m1/s1. The fourth-order valence-corrected chi connectivity index (χ4v) is 9.89. The monoisotopic (exact) mass is 500 g/mol. The van der Waals surface area contributed by atoms with Crippen molar-refractivity contribution in [2.75, 3.05) is 7.11 Å². The summed E-state index contributed by atoms with van der Waals surface area (Å²) in [7, 11) is 1.69. The highest BCUT2D eigenvalue weighted by Crippen LogP contribution is 2.73. The molecule has 1 saturated heterocycles. The minimum absolute atomic E-state index is 0.0116. The first-order valence-corrected chi connectivity index (χ1v) is 13.6. The van der Waals surface area contributed by atoms with Crippen LogP contribution in [0.3, 0.4) is 0 Å². The molecule has 7 heteroatoms. The Labute approximate surface area is 213 Å². The van der Waals surface area contributed by atoms with E-state index in [2.05, 4.69) is 6.92 Å². The maximum Gasteiger partial charge on any atom is 0.334 e. The molecule has 2 heterocycles. The zero-order valence-corrected chi connectivity index (χ0v) is 22.1. The third-order valence-corrected chi connectivity index (χ3v) is 12.0. The number of hydrogen-bond donors (Lipinski definition) is 2. The summed E-state index contributed by atoms with van der Waals surface area (Å²) in [5, 5.41) is 22.9. The number of rotatable bonds is 2. The maximum absolute atomic E-state index is 13.3. The molecular formula is C29H40O7. The van der Waals surface area contributed by atoms with Crippen molar-refractivity contribution in [1.82, 2.24) is 0 Å². The normalized spacial score (nSPS) is 54.0. The molecule has 0 aromatic rings. The number of ether oxygens (including phenoxy) is 3. The van der Waals surface area contributed by atoms with Gasteiger partial charge in [0.2, 0.25) is 0 Å². The lowest BCUT2D eigenvalue weighted by atomic mass is 9.42. The molecule has 0 aromatic heterocycles. The topological polar surface area (TPSA) is 102 Å². The molecule has 6 aliphatic rings. The second-order valence-corrected chi connectivity index (χ2v) is 12.9. The van der Waals surface area contributed by atoms with Crippen molar-refractivity contribution in [2.45, 2.75) is 102 Å². The van der Waals surface area contributed by atoms with Crippen LogP contribution in [0.1, 0.15) is 72.6 Å². The van der Waals surface area contributed by atoms with Crippen LogP contribution in [0.4, 0.5) is 0 Å². The maximum atomic E-state index is 13.3. The summed E-state index contributed by atoms with van der Waals surface area (Å²) in [5.41, 5.74) is -1.67. The van der Waals surface area contributed by atoms with E-state index in [0.717, 1.165) is 31.3 Å². The molecule has 4 aliphatic carbocycles. The lowest BCUT2D eigenvalue weighted by Gasteiger charge is -2.63. The van der Waals surface area contributed by atoms with Crippen molar-refractivity contribution < 1.29 is 34.0 Å². The Morgan fingerprint density at radius 1 is 1.11 bits per heavy atom. The lowest BCUT2D eigenvalue weighted by Crippen LogP contribution is -2.69. The Morgan fingerprint density at radius 2 is 1.86 bits per heavy atom. The molecule has 0 bridgehead atoms. The largest absolute Gasteiger partial charge is 0.456 e. The number of aliphatic hydroxyl groups is 2. The summed E-state index contributed by atoms with van der Waals surface area (Å²) < 4.78 is 18.8. The Bertz CT molecular complexity index is 1060. The van der Waals surface area contributed by atoms with E-state index in [9.17, 15) is 19.8 Å². The SMILES string of the molecule is CO[C@H]1O[C@@](C)([C@H]2CC(C)=C(C)C(=O)O2)[C@H]2CC[C@H]3[C@@H]4C[C@@H](O)[C@@]5(O)CC=CC(=O)[C@]5(C)[C@H]4CC[C@]123. The molecule has 2 aliphatic heterocycles. The molecule has 7 nitrogen and oxygen atoms in total. The number of cyclic esters (lactones) is 1. The first kappa shape index (κ1) is 24.8. The van der Waals surface area contributed by atoms with Gasteiger partial charge in [-0.05, 0) is 90.0 Å². The molecular weight excluding hydrogens is 460 g/mol. The summed E-state index contributed by atoms with van der Waals surface area (Å²) in [4.78, 5) is 26.0. The molecule has 2 N–H and O–H groups in total. The third kappa shape index (κ3) is 2.73. The van der Waals surface area contributed by atoms with Crippen molar-refractivity contribution in [3.8, 4) is 0 Å². The van der Waals surface area contributed by atoms with Crippen LogP contribution in [0.5, 0.6) is 0 Å². The number of carbonyl (C=O) groups excluding carboxylic acids is 2. The fraction of sp³-hybridized carbons (Fsp3) is 0.793. The van der Waals surface area contributed by atoms with E-state index >= 15 is 0 Å². The van der Waals surface area contributed by atoms with E-state index in [-0.39, 0.29) is 46.9 Å². The van der Waals surface area contributed by atoms with E-state index in [0.29, 0.717) is 24.8 Å². The van der Waals surface area contributed by atoms with Gasteiger partial charge in [0.1, 0.15) is 17.3 Å². The molecule has 4 fully saturated rings. The highest BCUT2D eigenvalue weighted by Gasteiger charge is 2.76. The highest BCUT2D eigenvalue weighted by molar-refractivity contribution is 5.97. The van der Waals surface area contributed by atoms with Crippen LogP contribution >= 0.6 is 0 Å². The van der Waals surface area contributed by atoms with Gasteiger partial charge in [-0.25, -0.2) is 4.79 Å². The van der Waals surface area contributed by atoms with Gasteiger partial charge in [0, 0.05) is 30.4 Å². The van der Waals surface area contributed by atoms with Gasteiger partial charge in [0.15, 0.2) is 12.1 Å². The molecule has 6 rings (SSSR count). The van der Waals surface area contributed by atoms with Crippen molar-refractivity contribution in [2.24, 2.45) is 34.5 Å². The predicted molar refractivity (Wildman–Crippen MR) is 130 cm³/mol. The molecule has 0 aromatic carbocycles. The minimum Gasteiger partial charge on any atom is -0.456 e. The summed E-state index contributed by atoms with van der Waals surface area (Å²) in [5.74, 6) is 0.0626. The van der Waals surface area contributed by atoms with Crippen molar-refractivity contribution >= 4 is 11.8 Å². The lowest BCUT2D eigenvalue weighted by molar-refractivity contribution is -0.252. The van der Waals surface area contributed by atoms with Crippen LogP contribution in [0, 0.1) is 34.5 Å². The fourth-order valence-electron chi connectivity index (χ4n) is 9.89. The second kappa shape index (κ2) is 7.75.